The summed E-state index contributed by atoms with van der Waals surface area (Å²) in [6.07, 6.45) is 1.11. The number of carbonyl (C=O) groups is 2. The maximum atomic E-state index is 9.89. The molecule has 4 heteroatoms. The van der Waals surface area contributed by atoms with E-state index >= 15 is 0 Å². The van der Waals surface area contributed by atoms with Crippen molar-refractivity contribution in [2.24, 2.45) is 5.73 Å². The van der Waals surface area contributed by atoms with Gasteiger partial charge in [-0.25, -0.2) is 0 Å². The smallest absolute Gasteiger partial charge is 0.209 e. The van der Waals surface area contributed by atoms with Crippen molar-refractivity contribution in [3.05, 3.63) is 0 Å². The van der Waals surface area contributed by atoms with Crippen LogP contribution in [0.15, 0.2) is 0 Å². The predicted octanol–water partition coefficient (Wildman–Crippen LogP) is -0.414. The van der Waals surface area contributed by atoms with Crippen LogP contribution in [0.5, 0.6) is 0 Å². The van der Waals surface area contributed by atoms with Crippen molar-refractivity contribution in [1.29, 1.82) is 0 Å². The Morgan fingerprint density at radius 2 is 1.60 bits per heavy atom. The number of hydrogen-bond donors (Lipinski definition) is 1. The molecule has 0 radical (unpaired) electrons. The lowest BCUT2D eigenvalue weighted by Gasteiger charge is -2.08. The molecular formula is C6H14N2O2. The highest BCUT2D eigenvalue weighted by molar-refractivity contribution is 5.46. The van der Waals surface area contributed by atoms with Crippen molar-refractivity contribution in [3.8, 4) is 0 Å². The highest BCUT2D eigenvalue weighted by Gasteiger charge is 1.87. The Bertz CT molecular complexity index is 81.8. The molecule has 0 spiro atoms. The Hall–Kier alpha value is -1.06. The van der Waals surface area contributed by atoms with Gasteiger partial charge in [0.15, 0.2) is 0 Å². The monoisotopic (exact) mass is 146 g/mol. The molecule has 0 aromatic carbocycles. The molecule has 0 aromatic rings. The molecule has 0 aliphatic rings. The fourth-order valence-corrected chi connectivity index (χ4v) is 0.373. The number of nitrogens with zero attached hydrogens (tertiary/aromatic N) is 1. The predicted molar refractivity (Wildman–Crippen MR) is 39.2 cm³/mol. The summed E-state index contributed by atoms with van der Waals surface area (Å²) in [5, 5.41) is 0. The minimum Gasteiger partial charge on any atom is -0.372 e. The molecule has 0 saturated heterocycles. The molecule has 0 bridgehead atoms. The molecule has 0 unspecified atom stereocenters. The normalized spacial score (nSPS) is 7.00. The van der Waals surface area contributed by atoms with Crippen molar-refractivity contribution >= 4 is 12.8 Å². The van der Waals surface area contributed by atoms with Crippen molar-refractivity contribution in [2.75, 3.05) is 13.1 Å². The van der Waals surface area contributed by atoms with Crippen molar-refractivity contribution in [2.45, 2.75) is 13.8 Å². The minimum absolute atomic E-state index is 0.250. The molecule has 2 amide bonds. The Morgan fingerprint density at radius 3 is 1.60 bits per heavy atom. The van der Waals surface area contributed by atoms with Gasteiger partial charge in [-0.05, 0) is 13.8 Å². The van der Waals surface area contributed by atoms with Crippen LogP contribution in [0.3, 0.4) is 0 Å². The third kappa shape index (κ3) is 10.0. The van der Waals surface area contributed by atoms with Crippen LogP contribution in [0.25, 0.3) is 0 Å². The lowest BCUT2D eigenvalue weighted by Crippen LogP contribution is -2.19. The fraction of sp³-hybridized carbons (Fsp3) is 0.667. The zero-order chi connectivity index (χ0) is 8.41. The van der Waals surface area contributed by atoms with Gasteiger partial charge in [-0.15, -0.1) is 0 Å². The van der Waals surface area contributed by atoms with Crippen molar-refractivity contribution in [1.82, 2.24) is 4.90 Å². The molecule has 0 rings (SSSR count). The summed E-state index contributed by atoms with van der Waals surface area (Å²) in [6, 6.07) is 0. The maximum Gasteiger partial charge on any atom is 0.209 e. The number of primary amides is 1. The molecule has 0 fully saturated rings. The van der Waals surface area contributed by atoms with E-state index in [1.54, 1.807) is 4.90 Å². The first-order valence-corrected chi connectivity index (χ1v) is 3.11. The summed E-state index contributed by atoms with van der Waals surface area (Å²) < 4.78 is 0. The van der Waals surface area contributed by atoms with Gasteiger partial charge >= 0.3 is 0 Å². The number of amides is 2. The van der Waals surface area contributed by atoms with E-state index in [1.807, 2.05) is 13.8 Å². The largest absolute Gasteiger partial charge is 0.372 e. The summed E-state index contributed by atoms with van der Waals surface area (Å²) in [5.41, 5.74) is 4.17. The first kappa shape index (κ1) is 11.7. The van der Waals surface area contributed by atoms with Gasteiger partial charge in [0, 0.05) is 13.1 Å². The highest BCUT2D eigenvalue weighted by Crippen LogP contribution is 1.75. The molecule has 0 aliphatic carbocycles. The SMILES string of the molecule is CCN(C=O)CC.NC=O. The summed E-state index contributed by atoms with van der Waals surface area (Å²) in [6.45, 7) is 5.55. The van der Waals surface area contributed by atoms with E-state index in [0.29, 0.717) is 0 Å². The van der Waals surface area contributed by atoms with Crippen LogP contribution in [0.1, 0.15) is 13.8 Å². The van der Waals surface area contributed by atoms with Gasteiger partial charge in [0.05, 0.1) is 0 Å². The van der Waals surface area contributed by atoms with E-state index in [9.17, 15) is 4.79 Å². The second-order valence-electron chi connectivity index (χ2n) is 1.46. The Kier molecular flexibility index (Phi) is 12.7. The zero-order valence-electron chi connectivity index (χ0n) is 6.41. The maximum absolute atomic E-state index is 9.89. The van der Waals surface area contributed by atoms with Crippen LogP contribution in [0, 0.1) is 0 Å². The van der Waals surface area contributed by atoms with E-state index in [0.717, 1.165) is 19.5 Å². The van der Waals surface area contributed by atoms with Crippen LogP contribution < -0.4 is 5.73 Å². The number of hydrogen-bond acceptors (Lipinski definition) is 2. The van der Waals surface area contributed by atoms with Crippen LogP contribution in [-0.4, -0.2) is 30.8 Å². The molecule has 60 valence electrons. The standard InChI is InChI=1S/C5H11NO.CH3NO/c1-3-6(4-2)5-7;2-1-3/h5H,3-4H2,1-2H3;1H,(H2,2,3). The minimum atomic E-state index is 0.250. The zero-order valence-corrected chi connectivity index (χ0v) is 6.41. The molecule has 10 heavy (non-hydrogen) atoms. The van der Waals surface area contributed by atoms with E-state index in [4.69, 9.17) is 4.79 Å². The average Bonchev–Trinajstić information content (AvgIpc) is 1.93. The third-order valence-corrected chi connectivity index (χ3v) is 0.961. The van der Waals surface area contributed by atoms with Crippen LogP contribution in [0.4, 0.5) is 0 Å². The molecular weight excluding hydrogens is 132 g/mol. The van der Waals surface area contributed by atoms with Gasteiger partial charge in [0.1, 0.15) is 0 Å². The summed E-state index contributed by atoms with van der Waals surface area (Å²) in [7, 11) is 0. The Morgan fingerprint density at radius 1 is 1.30 bits per heavy atom. The van der Waals surface area contributed by atoms with Crippen LogP contribution in [0.2, 0.25) is 0 Å². The number of rotatable bonds is 3. The van der Waals surface area contributed by atoms with Gasteiger partial charge in [0.2, 0.25) is 12.8 Å². The van der Waals surface area contributed by atoms with Gasteiger partial charge in [-0.3, -0.25) is 9.59 Å². The lowest BCUT2D eigenvalue weighted by atomic mass is 10.6. The topological polar surface area (TPSA) is 63.4 Å². The molecule has 0 saturated carbocycles. The first-order chi connectivity index (χ1) is 4.76. The van der Waals surface area contributed by atoms with Crippen molar-refractivity contribution < 1.29 is 9.59 Å². The second kappa shape index (κ2) is 10.8. The molecule has 0 atom stereocenters. The fourth-order valence-electron chi connectivity index (χ4n) is 0.373. The third-order valence-electron chi connectivity index (χ3n) is 0.961. The Balaban J connectivity index is 0. The van der Waals surface area contributed by atoms with Gasteiger partial charge < -0.3 is 10.6 Å². The van der Waals surface area contributed by atoms with Gasteiger partial charge in [-0.2, -0.15) is 0 Å². The quantitative estimate of drug-likeness (QED) is 0.550. The van der Waals surface area contributed by atoms with E-state index in [1.165, 1.54) is 0 Å². The molecule has 0 aromatic heterocycles. The van der Waals surface area contributed by atoms with E-state index in [2.05, 4.69) is 5.73 Å². The molecule has 0 heterocycles. The summed E-state index contributed by atoms with van der Waals surface area (Å²) >= 11 is 0. The van der Waals surface area contributed by atoms with Crippen LogP contribution in [-0.2, 0) is 9.59 Å². The number of carbonyl (C=O) groups excluding carboxylic acids is 2. The van der Waals surface area contributed by atoms with Crippen molar-refractivity contribution in [3.63, 3.8) is 0 Å². The molecule has 0 aliphatic heterocycles. The second-order valence-corrected chi connectivity index (χ2v) is 1.46. The summed E-state index contributed by atoms with van der Waals surface area (Å²) in [5.74, 6) is 0. The van der Waals surface area contributed by atoms with E-state index < -0.39 is 0 Å². The number of nitrogens with two attached hydrogens (primary N) is 1. The molecule has 2 N–H and O–H groups in total. The summed E-state index contributed by atoms with van der Waals surface area (Å²) in [4.78, 5) is 20.2. The van der Waals surface area contributed by atoms with Gasteiger partial charge in [-0.1, -0.05) is 0 Å². The lowest BCUT2D eigenvalue weighted by molar-refractivity contribution is -0.117. The van der Waals surface area contributed by atoms with E-state index in [-0.39, 0.29) is 6.41 Å². The first-order valence-electron chi connectivity index (χ1n) is 3.11. The van der Waals surface area contributed by atoms with Gasteiger partial charge in [0.25, 0.3) is 0 Å². The molecule has 4 nitrogen and oxygen atoms in total. The van der Waals surface area contributed by atoms with Crippen LogP contribution >= 0.6 is 0 Å². The average molecular weight is 146 g/mol. The Labute approximate surface area is 61.0 Å². The highest BCUT2D eigenvalue weighted by atomic mass is 16.1.